The van der Waals surface area contributed by atoms with Crippen molar-refractivity contribution in [3.63, 3.8) is 0 Å². The first-order chi connectivity index (χ1) is 10.0. The molecule has 0 aliphatic rings. The minimum absolute atomic E-state index is 0.334. The maximum Gasteiger partial charge on any atom is 0.259 e. The predicted octanol–water partition coefficient (Wildman–Crippen LogP) is 5.30. The standard InChI is InChI=1S/C15H12Cl3NO2/c1-2-21-14-6-4-9(16)7-11(14)15(20)19-13-8-10(17)3-5-12(13)18/h3-8H,2H2,1H3,(H,19,20). The van der Waals surface area contributed by atoms with Gasteiger partial charge in [0, 0.05) is 10.0 Å². The van der Waals surface area contributed by atoms with Crippen molar-refractivity contribution < 1.29 is 9.53 Å². The predicted molar refractivity (Wildman–Crippen MR) is 87.0 cm³/mol. The number of carbonyl (C=O) groups excluding carboxylic acids is 1. The SMILES string of the molecule is CCOc1ccc(Cl)cc1C(=O)Nc1cc(Cl)ccc1Cl. The molecule has 3 nitrogen and oxygen atoms in total. The van der Waals surface area contributed by atoms with Gasteiger partial charge in [0.15, 0.2) is 0 Å². The number of carbonyl (C=O) groups is 1. The highest BCUT2D eigenvalue weighted by Crippen LogP contribution is 2.28. The third kappa shape index (κ3) is 4.03. The number of hydrogen-bond donors (Lipinski definition) is 1. The fourth-order valence-corrected chi connectivity index (χ4v) is 2.25. The summed E-state index contributed by atoms with van der Waals surface area (Å²) in [7, 11) is 0. The van der Waals surface area contributed by atoms with Gasteiger partial charge in [0.25, 0.3) is 5.91 Å². The molecule has 0 aromatic heterocycles. The Morgan fingerprint density at radius 3 is 2.48 bits per heavy atom. The zero-order chi connectivity index (χ0) is 15.4. The molecule has 0 heterocycles. The van der Waals surface area contributed by atoms with Crippen molar-refractivity contribution in [2.45, 2.75) is 6.92 Å². The lowest BCUT2D eigenvalue weighted by atomic mass is 10.2. The first-order valence-electron chi connectivity index (χ1n) is 6.20. The first kappa shape index (κ1) is 16.0. The Labute approximate surface area is 137 Å². The van der Waals surface area contributed by atoms with E-state index in [-0.39, 0.29) is 5.91 Å². The van der Waals surface area contributed by atoms with Crippen LogP contribution in [0, 0.1) is 0 Å². The zero-order valence-corrected chi connectivity index (χ0v) is 13.4. The van der Waals surface area contributed by atoms with E-state index in [4.69, 9.17) is 39.5 Å². The van der Waals surface area contributed by atoms with Crippen LogP contribution in [0.25, 0.3) is 0 Å². The fraction of sp³-hybridized carbons (Fsp3) is 0.133. The van der Waals surface area contributed by atoms with Gasteiger partial charge in [-0.3, -0.25) is 4.79 Å². The third-order valence-corrected chi connectivity index (χ3v) is 3.46. The number of rotatable bonds is 4. The van der Waals surface area contributed by atoms with Gasteiger partial charge in [0.2, 0.25) is 0 Å². The van der Waals surface area contributed by atoms with Gasteiger partial charge >= 0.3 is 0 Å². The van der Waals surface area contributed by atoms with E-state index in [2.05, 4.69) is 5.32 Å². The second-order valence-electron chi connectivity index (χ2n) is 4.15. The number of amides is 1. The van der Waals surface area contributed by atoms with E-state index in [0.29, 0.717) is 38.7 Å². The molecule has 1 amide bonds. The lowest BCUT2D eigenvalue weighted by molar-refractivity contribution is 0.102. The molecule has 0 bridgehead atoms. The molecule has 0 aliphatic heterocycles. The summed E-state index contributed by atoms with van der Waals surface area (Å²) in [5.41, 5.74) is 0.761. The van der Waals surface area contributed by atoms with Crippen LogP contribution < -0.4 is 10.1 Å². The van der Waals surface area contributed by atoms with Crippen LogP contribution in [-0.4, -0.2) is 12.5 Å². The maximum atomic E-state index is 12.4. The minimum atomic E-state index is -0.370. The van der Waals surface area contributed by atoms with Gasteiger partial charge in [-0.15, -0.1) is 0 Å². The van der Waals surface area contributed by atoms with Crippen LogP contribution in [0.4, 0.5) is 5.69 Å². The van der Waals surface area contributed by atoms with Crippen LogP contribution in [0.1, 0.15) is 17.3 Å². The number of nitrogens with one attached hydrogen (secondary N) is 1. The van der Waals surface area contributed by atoms with E-state index in [1.807, 2.05) is 6.92 Å². The van der Waals surface area contributed by atoms with Crippen LogP contribution in [0.3, 0.4) is 0 Å². The van der Waals surface area contributed by atoms with Crippen molar-refractivity contribution in [1.29, 1.82) is 0 Å². The number of halogens is 3. The highest BCUT2D eigenvalue weighted by molar-refractivity contribution is 6.36. The molecule has 0 saturated carbocycles. The second-order valence-corrected chi connectivity index (χ2v) is 5.43. The van der Waals surface area contributed by atoms with Crippen molar-refractivity contribution in [2.75, 3.05) is 11.9 Å². The molecule has 6 heteroatoms. The van der Waals surface area contributed by atoms with E-state index in [9.17, 15) is 4.79 Å². The summed E-state index contributed by atoms with van der Waals surface area (Å²) in [6.45, 7) is 2.28. The Hall–Kier alpha value is -1.42. The maximum absolute atomic E-state index is 12.4. The van der Waals surface area contributed by atoms with Crippen LogP contribution >= 0.6 is 34.8 Å². The van der Waals surface area contributed by atoms with Crippen molar-refractivity contribution in [1.82, 2.24) is 0 Å². The molecular weight excluding hydrogens is 333 g/mol. The summed E-state index contributed by atoms with van der Waals surface area (Å²) in [5, 5.41) is 4.02. The molecule has 2 rings (SSSR count). The van der Waals surface area contributed by atoms with E-state index >= 15 is 0 Å². The van der Waals surface area contributed by atoms with Gasteiger partial charge in [-0.05, 0) is 43.3 Å². The Bertz CT molecular complexity index is 674. The van der Waals surface area contributed by atoms with Crippen LogP contribution in [0.5, 0.6) is 5.75 Å². The van der Waals surface area contributed by atoms with E-state index < -0.39 is 0 Å². The summed E-state index contributed by atoms with van der Waals surface area (Å²) in [6.07, 6.45) is 0. The zero-order valence-electron chi connectivity index (χ0n) is 11.1. The van der Waals surface area contributed by atoms with Gasteiger partial charge in [-0.2, -0.15) is 0 Å². The topological polar surface area (TPSA) is 38.3 Å². The summed E-state index contributed by atoms with van der Waals surface area (Å²) < 4.78 is 5.43. The van der Waals surface area contributed by atoms with Crippen LogP contribution in [0.15, 0.2) is 36.4 Å². The molecule has 110 valence electrons. The Morgan fingerprint density at radius 1 is 1.10 bits per heavy atom. The monoisotopic (exact) mass is 343 g/mol. The van der Waals surface area contributed by atoms with Gasteiger partial charge in [0.1, 0.15) is 5.75 Å². The van der Waals surface area contributed by atoms with Gasteiger partial charge < -0.3 is 10.1 Å². The summed E-state index contributed by atoms with van der Waals surface area (Å²) in [6, 6.07) is 9.69. The summed E-state index contributed by atoms with van der Waals surface area (Å²) in [4.78, 5) is 12.4. The lowest BCUT2D eigenvalue weighted by Gasteiger charge is -2.12. The molecule has 0 fully saturated rings. The van der Waals surface area contributed by atoms with E-state index in [1.54, 1.807) is 36.4 Å². The fourth-order valence-electron chi connectivity index (χ4n) is 1.74. The number of benzene rings is 2. The Balaban J connectivity index is 2.31. The van der Waals surface area contributed by atoms with Crippen molar-refractivity contribution in [3.05, 3.63) is 57.0 Å². The number of ether oxygens (including phenoxy) is 1. The van der Waals surface area contributed by atoms with Gasteiger partial charge in [0.05, 0.1) is 22.9 Å². The minimum Gasteiger partial charge on any atom is -0.493 e. The molecule has 0 radical (unpaired) electrons. The molecular formula is C15H12Cl3NO2. The molecule has 2 aromatic rings. The number of hydrogen-bond acceptors (Lipinski definition) is 2. The molecule has 21 heavy (non-hydrogen) atoms. The van der Waals surface area contributed by atoms with Crippen LogP contribution in [-0.2, 0) is 0 Å². The van der Waals surface area contributed by atoms with E-state index in [1.165, 1.54) is 0 Å². The van der Waals surface area contributed by atoms with E-state index in [0.717, 1.165) is 0 Å². The Morgan fingerprint density at radius 2 is 1.76 bits per heavy atom. The number of anilines is 1. The highest BCUT2D eigenvalue weighted by Gasteiger charge is 2.15. The van der Waals surface area contributed by atoms with Crippen molar-refractivity contribution in [3.8, 4) is 5.75 Å². The van der Waals surface area contributed by atoms with Crippen molar-refractivity contribution >= 4 is 46.4 Å². The summed E-state index contributed by atoms with van der Waals surface area (Å²) >= 11 is 17.9. The second kappa shape index (κ2) is 7.03. The highest BCUT2D eigenvalue weighted by atomic mass is 35.5. The molecule has 0 atom stereocenters. The largest absolute Gasteiger partial charge is 0.493 e. The first-order valence-corrected chi connectivity index (χ1v) is 7.33. The normalized spacial score (nSPS) is 10.3. The Kier molecular flexibility index (Phi) is 5.34. The van der Waals surface area contributed by atoms with Crippen molar-refractivity contribution in [2.24, 2.45) is 0 Å². The lowest BCUT2D eigenvalue weighted by Crippen LogP contribution is -2.14. The van der Waals surface area contributed by atoms with Gasteiger partial charge in [-0.25, -0.2) is 0 Å². The molecule has 1 N–H and O–H groups in total. The van der Waals surface area contributed by atoms with Crippen LogP contribution in [0.2, 0.25) is 15.1 Å². The summed E-state index contributed by atoms with van der Waals surface area (Å²) in [5.74, 6) is 0.0858. The quantitative estimate of drug-likeness (QED) is 0.817. The molecule has 0 saturated heterocycles. The van der Waals surface area contributed by atoms with Gasteiger partial charge in [-0.1, -0.05) is 34.8 Å². The molecule has 0 aliphatic carbocycles. The average Bonchev–Trinajstić information content (AvgIpc) is 2.45. The molecule has 0 spiro atoms. The smallest absolute Gasteiger partial charge is 0.259 e. The third-order valence-electron chi connectivity index (χ3n) is 2.66. The average molecular weight is 345 g/mol. The molecule has 2 aromatic carbocycles. The molecule has 0 unspecified atom stereocenters.